The Bertz CT molecular complexity index is 5630. The molecule has 119 heavy (non-hydrogen) atoms. The summed E-state index contributed by atoms with van der Waals surface area (Å²) < 4.78 is 31.7. The number of carboxylic acids is 1. The second-order valence-corrected chi connectivity index (χ2v) is 30.4. The zero-order chi connectivity index (χ0) is 82.5. The van der Waals surface area contributed by atoms with Gasteiger partial charge in [-0.15, -0.1) is 10.2 Å². The number of hydrogen-bond donors (Lipinski definition) is 6. The summed E-state index contributed by atoms with van der Waals surface area (Å²) in [6, 6.07) is 41.2. The van der Waals surface area contributed by atoms with Crippen LogP contribution < -0.4 is 46.6 Å². The number of fused-ring (bicyclic) bond motifs is 4. The SMILES string of the molecule is NCCNc1ccc2c(c1)C(=O)N(C1CCC(=O)NC1=O)C2=O.O=C(CCCNc1ccc2c(c1)C(=O)N(C1CCC(=O)NC1=O)C2=O)CN1CCN(c2cccc(-c3cnc4ccc(N5CCC[C@@H]5c5cccc(F)c5)nn34)n2)CC1.O=C(O)CN1CCN(c2cccc(-c3cnc4ccc(N5CCC[C@@H]5c5cccc(F)c5)nn34)n2)CC1. The molecule has 7 N–H and O–H groups in total. The van der Waals surface area contributed by atoms with E-state index in [4.69, 9.17) is 31.0 Å². The maximum atomic E-state index is 14.1. The van der Waals surface area contributed by atoms with E-state index in [2.05, 4.69) is 55.7 Å². The van der Waals surface area contributed by atoms with E-state index in [9.17, 15) is 56.7 Å². The van der Waals surface area contributed by atoms with Crippen LogP contribution in [0.1, 0.15) is 129 Å². The van der Waals surface area contributed by atoms with Crippen LogP contribution in [0.25, 0.3) is 34.1 Å². The minimum absolute atomic E-state index is 0.0456. The van der Waals surface area contributed by atoms with Gasteiger partial charge >= 0.3 is 5.97 Å². The Hall–Kier alpha value is -13.3. The molecule has 0 spiro atoms. The molecule has 32 nitrogen and oxygen atoms in total. The fourth-order valence-electron chi connectivity index (χ4n) is 16.8. The highest BCUT2D eigenvalue weighted by molar-refractivity contribution is 6.25. The van der Waals surface area contributed by atoms with E-state index < -0.39 is 65.3 Å². The molecule has 34 heteroatoms. The number of nitrogens with two attached hydrogens (primary N) is 1. The summed E-state index contributed by atoms with van der Waals surface area (Å²) in [6.07, 6.45) is 8.85. The van der Waals surface area contributed by atoms with Crippen LogP contribution in [0.2, 0.25) is 0 Å². The van der Waals surface area contributed by atoms with Gasteiger partial charge in [-0.2, -0.15) is 0 Å². The van der Waals surface area contributed by atoms with Crippen molar-refractivity contribution >= 4 is 105 Å². The largest absolute Gasteiger partial charge is 0.480 e. The third-order valence-corrected chi connectivity index (χ3v) is 22.7. The van der Waals surface area contributed by atoms with Crippen molar-refractivity contribution in [3.05, 3.63) is 203 Å². The highest BCUT2D eigenvalue weighted by atomic mass is 19.1. The lowest BCUT2D eigenvalue weighted by molar-refractivity contribution is -0.139. The monoisotopic (exact) mass is 1620 g/mol. The van der Waals surface area contributed by atoms with Crippen molar-refractivity contribution in [3.8, 4) is 22.8 Å². The van der Waals surface area contributed by atoms with Crippen molar-refractivity contribution in [2.45, 2.75) is 88.4 Å². The van der Waals surface area contributed by atoms with Gasteiger partial charge in [0.25, 0.3) is 23.6 Å². The van der Waals surface area contributed by atoms with E-state index in [1.54, 1.807) is 73.1 Å². The van der Waals surface area contributed by atoms with Gasteiger partial charge in [-0.05, 0) is 165 Å². The van der Waals surface area contributed by atoms with Gasteiger partial charge in [0.15, 0.2) is 11.3 Å². The fraction of sp³-hybridized carbons (Fsp3) is 0.341. The molecule has 6 saturated heterocycles. The molecule has 6 aromatic heterocycles. The molecule has 4 aromatic carbocycles. The van der Waals surface area contributed by atoms with E-state index >= 15 is 0 Å². The Morgan fingerprint density at radius 3 is 1.36 bits per heavy atom. The molecular weight excluding hydrogens is 1530 g/mol. The summed E-state index contributed by atoms with van der Waals surface area (Å²) in [6.45, 7) is 9.25. The van der Waals surface area contributed by atoms with Gasteiger partial charge in [0.1, 0.15) is 64.2 Å². The number of nitrogens with one attached hydrogen (secondary N) is 4. The molecule has 4 atom stereocenters. The Morgan fingerprint density at radius 2 is 0.916 bits per heavy atom. The molecule has 8 aliphatic heterocycles. The fourth-order valence-corrected chi connectivity index (χ4v) is 16.8. The van der Waals surface area contributed by atoms with Crippen LogP contribution >= 0.6 is 0 Å². The number of anilines is 6. The van der Waals surface area contributed by atoms with Crippen molar-refractivity contribution in [2.24, 2.45) is 5.73 Å². The van der Waals surface area contributed by atoms with Crippen molar-refractivity contribution in [2.75, 3.05) is 128 Å². The number of amides is 8. The number of aromatic nitrogens is 8. The van der Waals surface area contributed by atoms with Crippen LogP contribution in [0, 0.1) is 11.6 Å². The molecule has 8 amide bonds. The molecule has 0 aliphatic carbocycles. The van der Waals surface area contributed by atoms with Crippen LogP contribution in [0.3, 0.4) is 0 Å². The molecule has 2 unspecified atom stereocenters. The number of hydrogen-bond acceptors (Lipinski definition) is 25. The van der Waals surface area contributed by atoms with Crippen LogP contribution in [0.5, 0.6) is 0 Å². The normalized spacial score (nSPS) is 19.6. The lowest BCUT2D eigenvalue weighted by Crippen LogP contribution is -2.54. The van der Waals surface area contributed by atoms with Crippen LogP contribution in [0.4, 0.5) is 43.4 Å². The van der Waals surface area contributed by atoms with Crippen molar-refractivity contribution in [1.82, 2.24) is 69.4 Å². The van der Waals surface area contributed by atoms with Gasteiger partial charge in [-0.25, -0.2) is 37.7 Å². The third kappa shape index (κ3) is 17.1. The summed E-state index contributed by atoms with van der Waals surface area (Å²) in [7, 11) is 0. The van der Waals surface area contributed by atoms with Crippen molar-refractivity contribution < 1.29 is 61.8 Å². The topological polar surface area (TPSA) is 377 Å². The minimum atomic E-state index is -1.01. The van der Waals surface area contributed by atoms with Gasteiger partial charge in [0, 0.05) is 116 Å². The molecule has 6 fully saturated rings. The highest BCUT2D eigenvalue weighted by Crippen LogP contribution is 2.39. The zero-order valence-corrected chi connectivity index (χ0v) is 65.0. The zero-order valence-electron chi connectivity index (χ0n) is 65.0. The maximum Gasteiger partial charge on any atom is 0.317 e. The average Bonchev–Trinajstić information content (AvgIpc) is 1.62. The van der Waals surface area contributed by atoms with E-state index in [0.717, 1.165) is 151 Å². The predicted molar refractivity (Wildman–Crippen MR) is 435 cm³/mol. The molecule has 8 aliphatic rings. The van der Waals surface area contributed by atoms with Gasteiger partial charge in [0.2, 0.25) is 23.6 Å². The number of piperazine rings is 2. The summed E-state index contributed by atoms with van der Waals surface area (Å²) >= 11 is 0. The summed E-state index contributed by atoms with van der Waals surface area (Å²) in [5.41, 5.74) is 14.1. The Kier molecular flexibility index (Phi) is 23.3. The van der Waals surface area contributed by atoms with E-state index in [1.807, 2.05) is 86.7 Å². The maximum absolute atomic E-state index is 14.1. The number of carbonyl (C=O) groups excluding carboxylic acids is 9. The number of Topliss-reactive ketones (excluding diaryl/α,β-unsaturated/α-hetero) is 1. The number of carboxylic acid groups (broad SMARTS) is 1. The van der Waals surface area contributed by atoms with E-state index in [0.29, 0.717) is 69.1 Å². The summed E-state index contributed by atoms with van der Waals surface area (Å²) in [4.78, 5) is 156. The second kappa shape index (κ2) is 34.8. The Labute approximate surface area is 681 Å². The Balaban J connectivity index is 0.000000149. The number of rotatable bonds is 22. The first-order valence-electron chi connectivity index (χ1n) is 40.0. The van der Waals surface area contributed by atoms with Gasteiger partial charge < -0.3 is 41.1 Å². The number of imidazole rings is 2. The van der Waals surface area contributed by atoms with Gasteiger partial charge in [-0.3, -0.25) is 78.2 Å². The van der Waals surface area contributed by atoms with Crippen LogP contribution in [-0.4, -0.2) is 233 Å². The average molecular weight is 1620 g/mol. The minimum Gasteiger partial charge on any atom is -0.480 e. The molecule has 18 rings (SSSR count). The summed E-state index contributed by atoms with van der Waals surface area (Å²) in [5.74, 6) is -2.00. The highest BCUT2D eigenvalue weighted by Gasteiger charge is 2.47. The molecule has 0 bridgehead atoms. The molecule has 0 saturated carbocycles. The molecule has 0 radical (unpaired) electrons. The third-order valence-electron chi connectivity index (χ3n) is 22.7. The van der Waals surface area contributed by atoms with E-state index in [-0.39, 0.29) is 84.0 Å². The van der Waals surface area contributed by atoms with Crippen LogP contribution in [0.15, 0.2) is 158 Å². The van der Waals surface area contributed by atoms with Crippen molar-refractivity contribution in [3.63, 3.8) is 0 Å². The lowest BCUT2D eigenvalue weighted by atomic mass is 10.0. The quantitative estimate of drug-likeness (QED) is 0.0288. The van der Waals surface area contributed by atoms with Gasteiger partial charge in [0.05, 0.1) is 71.2 Å². The molecular formula is C85H87F2N21O11. The number of ketones is 1. The Morgan fingerprint density at radius 1 is 0.471 bits per heavy atom. The standard InChI is InChI=1S/C43H43FN10O5.C27H28FN7O2.C15H16N4O4/c44-28-6-1-5-27(23-28)34-9-4-18-52(34)39-15-14-37-46-25-36(54(37)49-39)33-8-2-10-38(47-33)51-21-19-50(20-22-51)26-30(55)7-3-17-45-29-11-12-31-32(24-29)43(59)53(42(31)58)35-13-16-40(56)48-41(35)57;28-20-5-1-4-19(16-20)22-7-3-11-34(22)26-10-9-24-29-17-23(35(24)31-26)21-6-2-8-25(30-21)33-14-12-32(13-15-33)18-27(36)37;16-5-6-17-8-1-2-9-10(7-8)15(23)19(14(9)22)11-3-4-12(20)18-13(11)21/h1-2,5-6,8,10-12,14-15,23-25,34-35,45H,3-4,7,9,13,16-22,26H2,(H,48,56,57);1-2,4-6,8-10,16-17,22H,3,7,11-15,18H2,(H,36,37);1-2,7,11,17H,3-6,16H2,(H,18,20,21)/t34-,35?;22-;/m11./s1. The number of nitrogens with zero attached hydrogens (tertiary/aromatic N) is 16. The molecule has 14 heterocycles. The number of aliphatic carboxylic acids is 1. The van der Waals surface area contributed by atoms with Crippen LogP contribution in [-0.2, 0) is 28.8 Å². The van der Waals surface area contributed by atoms with E-state index in [1.165, 1.54) is 12.1 Å². The predicted octanol–water partition coefficient (Wildman–Crippen LogP) is 7.19. The lowest BCUT2D eigenvalue weighted by Gasteiger charge is -2.35. The first-order chi connectivity index (χ1) is 57.8. The smallest absolute Gasteiger partial charge is 0.317 e. The molecule has 10 aromatic rings. The molecule has 612 valence electrons. The first-order valence-corrected chi connectivity index (χ1v) is 40.0. The number of benzene rings is 4. The summed E-state index contributed by atoms with van der Waals surface area (Å²) in [5, 5.41) is 29.6. The number of imide groups is 4. The second-order valence-electron chi connectivity index (χ2n) is 30.4. The van der Waals surface area contributed by atoms with Crippen molar-refractivity contribution in [1.29, 1.82) is 0 Å². The number of pyridine rings is 2. The van der Waals surface area contributed by atoms with Gasteiger partial charge in [-0.1, -0.05) is 36.4 Å². The number of halogens is 2. The number of carbonyl (C=O) groups is 10. The number of piperidine rings is 2. The first kappa shape index (κ1) is 79.5.